The van der Waals surface area contributed by atoms with Crippen molar-refractivity contribution in [1.82, 2.24) is 0 Å². The predicted molar refractivity (Wildman–Crippen MR) is 79.3 cm³/mol. The van der Waals surface area contributed by atoms with Crippen molar-refractivity contribution < 1.29 is 13.7 Å². The molecule has 0 aromatic heterocycles. The number of halogens is 2. The normalized spacial score (nSPS) is 10.0. The second kappa shape index (κ2) is 6.23. The fraction of sp³-hybridized carbons (Fsp3) is 0. The van der Waals surface area contributed by atoms with Crippen LogP contribution in [0.5, 0.6) is 0 Å². The number of nitro benzene ring substituents is 1. The number of hydrogen-bond donors (Lipinski definition) is 2. The van der Waals surface area contributed by atoms with Gasteiger partial charge >= 0.3 is 0 Å². The maximum atomic E-state index is 13.6. The van der Waals surface area contributed by atoms with E-state index in [2.05, 4.69) is 10.6 Å². The van der Waals surface area contributed by atoms with Crippen LogP contribution in [0, 0.1) is 21.7 Å². The van der Waals surface area contributed by atoms with E-state index < -0.39 is 16.6 Å². The summed E-state index contributed by atoms with van der Waals surface area (Å²) in [4.78, 5) is 9.99. The minimum Gasteiger partial charge on any atom is -0.330 e. The summed E-state index contributed by atoms with van der Waals surface area (Å²) in [5, 5.41) is 15.6. The van der Waals surface area contributed by atoms with Gasteiger partial charge in [0, 0.05) is 12.1 Å². The van der Waals surface area contributed by atoms with Crippen LogP contribution in [-0.2, 0) is 0 Å². The third-order valence-electron chi connectivity index (χ3n) is 2.53. The first kappa shape index (κ1) is 14.8. The Morgan fingerprint density at radius 3 is 2.33 bits per heavy atom. The number of rotatable bonds is 3. The van der Waals surface area contributed by atoms with Crippen LogP contribution in [0.3, 0.4) is 0 Å². The number of para-hydroxylation sites is 1. The molecule has 8 heteroatoms. The third-order valence-corrected chi connectivity index (χ3v) is 2.74. The molecule has 0 aliphatic carbocycles. The van der Waals surface area contributed by atoms with Crippen molar-refractivity contribution in [3.63, 3.8) is 0 Å². The summed E-state index contributed by atoms with van der Waals surface area (Å²) >= 11 is 4.92. The van der Waals surface area contributed by atoms with E-state index in [1.54, 1.807) is 6.07 Å². The number of benzene rings is 2. The lowest BCUT2D eigenvalue weighted by atomic mass is 10.2. The molecule has 5 nitrogen and oxygen atoms in total. The molecule has 0 unspecified atom stereocenters. The molecule has 0 spiro atoms. The molecule has 0 fully saturated rings. The SMILES string of the molecule is O=[N+]([O-])c1ccc(F)c(NC(=S)Nc2ccccc2F)c1. The van der Waals surface area contributed by atoms with Gasteiger partial charge in [-0.25, -0.2) is 8.78 Å². The standard InChI is InChI=1S/C13H9F2N3O2S/c14-9-3-1-2-4-11(9)16-13(21)17-12-7-8(18(19)20)5-6-10(12)15/h1-7H,(H2,16,17,21). The van der Waals surface area contributed by atoms with Crippen LogP contribution >= 0.6 is 12.2 Å². The van der Waals surface area contributed by atoms with Gasteiger partial charge in [0.15, 0.2) is 5.11 Å². The topological polar surface area (TPSA) is 67.2 Å². The molecule has 0 heterocycles. The van der Waals surface area contributed by atoms with E-state index in [-0.39, 0.29) is 22.2 Å². The van der Waals surface area contributed by atoms with Gasteiger partial charge < -0.3 is 10.6 Å². The van der Waals surface area contributed by atoms with E-state index in [4.69, 9.17) is 12.2 Å². The summed E-state index contributed by atoms with van der Waals surface area (Å²) in [6.45, 7) is 0. The molecule has 0 amide bonds. The van der Waals surface area contributed by atoms with Crippen molar-refractivity contribution >= 4 is 34.4 Å². The zero-order valence-corrected chi connectivity index (χ0v) is 11.3. The number of thiocarbonyl (C=S) groups is 1. The molecule has 0 aliphatic rings. The minimum atomic E-state index is -0.710. The second-order valence-corrected chi connectivity index (χ2v) is 4.39. The van der Waals surface area contributed by atoms with Gasteiger partial charge in [0.1, 0.15) is 11.6 Å². The molecule has 2 aromatic rings. The maximum Gasteiger partial charge on any atom is 0.271 e. The molecular weight excluding hydrogens is 300 g/mol. The second-order valence-electron chi connectivity index (χ2n) is 3.98. The molecular formula is C13H9F2N3O2S. The van der Waals surface area contributed by atoms with E-state index in [9.17, 15) is 18.9 Å². The van der Waals surface area contributed by atoms with E-state index in [0.717, 1.165) is 18.2 Å². The van der Waals surface area contributed by atoms with Crippen LogP contribution in [0.2, 0.25) is 0 Å². The van der Waals surface area contributed by atoms with Crippen LogP contribution in [-0.4, -0.2) is 10.0 Å². The lowest BCUT2D eigenvalue weighted by Gasteiger charge is -2.11. The summed E-state index contributed by atoms with van der Waals surface area (Å²) < 4.78 is 27.0. The van der Waals surface area contributed by atoms with Gasteiger partial charge in [-0.1, -0.05) is 12.1 Å². The van der Waals surface area contributed by atoms with Gasteiger partial charge in [0.05, 0.1) is 16.3 Å². The van der Waals surface area contributed by atoms with Gasteiger partial charge in [-0.05, 0) is 30.4 Å². The molecule has 2 aromatic carbocycles. The molecule has 0 atom stereocenters. The summed E-state index contributed by atoms with van der Waals surface area (Å²) in [6.07, 6.45) is 0. The Bertz CT molecular complexity index is 710. The highest BCUT2D eigenvalue weighted by Gasteiger charge is 2.12. The molecule has 108 valence electrons. The summed E-state index contributed by atoms with van der Waals surface area (Å²) in [6, 6.07) is 8.79. The Hall–Kier alpha value is -2.61. The highest BCUT2D eigenvalue weighted by atomic mass is 32.1. The van der Waals surface area contributed by atoms with Crippen molar-refractivity contribution in [3.8, 4) is 0 Å². The third kappa shape index (κ3) is 3.69. The molecule has 0 aliphatic heterocycles. The Balaban J connectivity index is 2.15. The van der Waals surface area contributed by atoms with Gasteiger partial charge in [-0.2, -0.15) is 0 Å². The molecule has 0 radical (unpaired) electrons. The van der Waals surface area contributed by atoms with Gasteiger partial charge in [0.2, 0.25) is 0 Å². The van der Waals surface area contributed by atoms with Crippen LogP contribution < -0.4 is 10.6 Å². The highest BCUT2D eigenvalue weighted by Crippen LogP contribution is 2.21. The van der Waals surface area contributed by atoms with Gasteiger partial charge in [0.25, 0.3) is 5.69 Å². The van der Waals surface area contributed by atoms with Crippen molar-refractivity contribution in [1.29, 1.82) is 0 Å². The Morgan fingerprint density at radius 2 is 1.67 bits per heavy atom. The van der Waals surface area contributed by atoms with Gasteiger partial charge in [-0.3, -0.25) is 10.1 Å². The van der Waals surface area contributed by atoms with Gasteiger partial charge in [-0.15, -0.1) is 0 Å². The van der Waals surface area contributed by atoms with Crippen molar-refractivity contribution in [2.75, 3.05) is 10.6 Å². The summed E-state index contributed by atoms with van der Waals surface area (Å²) in [5.41, 5.74) is -0.341. The molecule has 0 bridgehead atoms. The van der Waals surface area contributed by atoms with E-state index in [1.807, 2.05) is 0 Å². The fourth-order valence-electron chi connectivity index (χ4n) is 1.56. The Morgan fingerprint density at radius 1 is 1.05 bits per heavy atom. The fourth-order valence-corrected chi connectivity index (χ4v) is 1.78. The lowest BCUT2D eigenvalue weighted by Crippen LogP contribution is -2.20. The minimum absolute atomic E-state index is 0.0838. The highest BCUT2D eigenvalue weighted by molar-refractivity contribution is 7.80. The van der Waals surface area contributed by atoms with E-state index in [1.165, 1.54) is 18.2 Å². The first-order valence-corrected chi connectivity index (χ1v) is 6.14. The van der Waals surface area contributed by atoms with Crippen molar-refractivity contribution in [3.05, 3.63) is 64.2 Å². The van der Waals surface area contributed by atoms with Crippen LogP contribution in [0.25, 0.3) is 0 Å². The molecule has 0 saturated heterocycles. The summed E-state index contributed by atoms with van der Waals surface area (Å²) in [5.74, 6) is -1.24. The van der Waals surface area contributed by atoms with E-state index in [0.29, 0.717) is 0 Å². The van der Waals surface area contributed by atoms with Crippen molar-refractivity contribution in [2.24, 2.45) is 0 Å². The van der Waals surface area contributed by atoms with Crippen LogP contribution in [0.4, 0.5) is 25.8 Å². The predicted octanol–water partition coefficient (Wildman–Crippen LogP) is 3.68. The number of hydrogen-bond acceptors (Lipinski definition) is 3. The first-order chi connectivity index (χ1) is 9.97. The average Bonchev–Trinajstić information content (AvgIpc) is 2.43. The van der Waals surface area contributed by atoms with Crippen LogP contribution in [0.15, 0.2) is 42.5 Å². The Kier molecular flexibility index (Phi) is 4.39. The lowest BCUT2D eigenvalue weighted by molar-refractivity contribution is -0.384. The molecule has 2 N–H and O–H groups in total. The van der Waals surface area contributed by atoms with E-state index >= 15 is 0 Å². The maximum absolute atomic E-state index is 13.6. The van der Waals surface area contributed by atoms with Crippen molar-refractivity contribution in [2.45, 2.75) is 0 Å². The number of non-ortho nitro benzene ring substituents is 1. The van der Waals surface area contributed by atoms with Crippen LogP contribution in [0.1, 0.15) is 0 Å². The first-order valence-electron chi connectivity index (χ1n) is 5.74. The zero-order valence-electron chi connectivity index (χ0n) is 10.5. The molecule has 0 saturated carbocycles. The molecule has 2 rings (SSSR count). The average molecular weight is 309 g/mol. The zero-order chi connectivity index (χ0) is 15.4. The number of nitro groups is 1. The Labute approximate surface area is 123 Å². The monoisotopic (exact) mass is 309 g/mol. The smallest absolute Gasteiger partial charge is 0.271 e. The largest absolute Gasteiger partial charge is 0.330 e. The number of nitrogens with zero attached hydrogens (tertiary/aromatic N) is 1. The number of nitrogens with one attached hydrogen (secondary N) is 2. The quantitative estimate of drug-likeness (QED) is 0.514. The number of anilines is 2. The summed E-state index contributed by atoms with van der Waals surface area (Å²) in [7, 11) is 0. The molecule has 21 heavy (non-hydrogen) atoms.